The zero-order valence-corrected chi connectivity index (χ0v) is 18.9. The van der Waals surface area contributed by atoms with Crippen molar-refractivity contribution >= 4 is 28.3 Å². The lowest BCUT2D eigenvalue weighted by molar-refractivity contribution is 0.0953. The summed E-state index contributed by atoms with van der Waals surface area (Å²) in [5, 5.41) is 4.88. The van der Waals surface area contributed by atoms with E-state index in [1.165, 1.54) is 16.9 Å². The number of aromatic nitrogens is 2. The van der Waals surface area contributed by atoms with Crippen LogP contribution in [0, 0.1) is 0 Å². The number of hydrogen-bond acceptors (Lipinski definition) is 4. The molecule has 0 unspecified atom stereocenters. The van der Waals surface area contributed by atoms with E-state index in [1.54, 1.807) is 0 Å². The lowest BCUT2D eigenvalue weighted by Gasteiger charge is -2.19. The third kappa shape index (κ3) is 4.97. The molecule has 31 heavy (non-hydrogen) atoms. The number of nitrogens with one attached hydrogen (secondary N) is 1. The van der Waals surface area contributed by atoms with Crippen molar-refractivity contribution in [3.8, 4) is 5.75 Å². The van der Waals surface area contributed by atoms with E-state index in [1.807, 2.05) is 53.9 Å². The van der Waals surface area contributed by atoms with Crippen molar-refractivity contribution in [3.05, 3.63) is 82.3 Å². The Hall–Kier alpha value is -3.12. The van der Waals surface area contributed by atoms with E-state index in [0.29, 0.717) is 24.6 Å². The molecule has 2 heterocycles. The maximum Gasteiger partial charge on any atom is 0.261 e. The van der Waals surface area contributed by atoms with Gasteiger partial charge in [-0.2, -0.15) is 0 Å². The molecule has 0 aliphatic rings. The Morgan fingerprint density at radius 3 is 2.55 bits per heavy atom. The number of para-hydroxylation sites is 2. The van der Waals surface area contributed by atoms with Crippen molar-refractivity contribution in [1.29, 1.82) is 0 Å². The summed E-state index contributed by atoms with van der Waals surface area (Å²) < 4.78 is 8.12. The highest BCUT2D eigenvalue weighted by Crippen LogP contribution is 2.24. The van der Waals surface area contributed by atoms with E-state index >= 15 is 0 Å². The minimum Gasteiger partial charge on any atom is -0.492 e. The van der Waals surface area contributed by atoms with Crippen LogP contribution in [0.1, 0.15) is 41.8 Å². The minimum atomic E-state index is -0.0798. The number of benzene rings is 2. The molecule has 0 atom stereocenters. The Morgan fingerprint density at radius 1 is 1.06 bits per heavy atom. The fraction of sp³-hybridized carbons (Fsp3) is 0.280. The summed E-state index contributed by atoms with van der Waals surface area (Å²) in [6.45, 7) is 8.13. The van der Waals surface area contributed by atoms with Crippen LogP contribution in [-0.2, 0) is 18.5 Å². The predicted octanol–water partition coefficient (Wildman–Crippen LogP) is 5.40. The molecule has 0 fully saturated rings. The molecule has 0 aliphatic heterocycles. The highest BCUT2D eigenvalue weighted by molar-refractivity contribution is 7.12. The van der Waals surface area contributed by atoms with Crippen molar-refractivity contribution in [2.45, 2.75) is 39.3 Å². The van der Waals surface area contributed by atoms with E-state index in [-0.39, 0.29) is 11.3 Å². The zero-order chi connectivity index (χ0) is 21.8. The second kappa shape index (κ2) is 8.94. The molecular formula is C25H27N3O2S. The number of nitrogens with zero attached hydrogens (tertiary/aromatic N) is 2. The fourth-order valence-electron chi connectivity index (χ4n) is 3.47. The van der Waals surface area contributed by atoms with Crippen molar-refractivity contribution in [2.24, 2.45) is 0 Å². The molecule has 0 aliphatic carbocycles. The summed E-state index contributed by atoms with van der Waals surface area (Å²) in [6, 6.07) is 20.0. The average Bonchev–Trinajstić information content (AvgIpc) is 3.40. The fourth-order valence-corrected chi connectivity index (χ4v) is 4.11. The quantitative estimate of drug-likeness (QED) is 0.424. The summed E-state index contributed by atoms with van der Waals surface area (Å²) in [7, 11) is 0. The first-order valence-corrected chi connectivity index (χ1v) is 11.3. The van der Waals surface area contributed by atoms with Gasteiger partial charge < -0.3 is 14.6 Å². The topological polar surface area (TPSA) is 56.1 Å². The Morgan fingerprint density at radius 2 is 1.84 bits per heavy atom. The van der Waals surface area contributed by atoms with Gasteiger partial charge in [0.15, 0.2) is 0 Å². The number of carbonyl (C=O) groups excluding carboxylic acids is 1. The number of rotatable bonds is 7. The number of imidazole rings is 1. The first kappa shape index (κ1) is 21.1. The molecule has 2 aromatic carbocycles. The standard InChI is InChI=1S/C25H27N3O2S/c1-25(2,3)18-10-12-19(13-11-18)30-15-14-28-21-8-5-4-7-20(21)27-23(28)17-26-24(29)22-9-6-16-31-22/h4-13,16H,14-15,17H2,1-3H3,(H,26,29). The van der Waals surface area contributed by atoms with Gasteiger partial charge in [-0.05, 0) is 46.7 Å². The van der Waals surface area contributed by atoms with E-state index in [4.69, 9.17) is 9.72 Å². The van der Waals surface area contributed by atoms with Crippen LogP contribution in [0.15, 0.2) is 66.0 Å². The Kier molecular flexibility index (Phi) is 6.09. The molecule has 5 nitrogen and oxygen atoms in total. The predicted molar refractivity (Wildman–Crippen MR) is 126 cm³/mol. The van der Waals surface area contributed by atoms with Gasteiger partial charge in [0, 0.05) is 0 Å². The third-order valence-corrected chi connectivity index (χ3v) is 6.06. The molecule has 4 aromatic rings. The van der Waals surface area contributed by atoms with E-state index < -0.39 is 0 Å². The largest absolute Gasteiger partial charge is 0.492 e. The molecule has 1 amide bonds. The van der Waals surface area contributed by atoms with E-state index in [0.717, 1.165) is 22.6 Å². The van der Waals surface area contributed by atoms with Crippen LogP contribution in [0.25, 0.3) is 11.0 Å². The highest BCUT2D eigenvalue weighted by atomic mass is 32.1. The van der Waals surface area contributed by atoms with E-state index in [2.05, 4.69) is 42.8 Å². The van der Waals surface area contributed by atoms with Gasteiger partial charge in [0.25, 0.3) is 5.91 Å². The van der Waals surface area contributed by atoms with Gasteiger partial charge in [-0.3, -0.25) is 4.79 Å². The maximum absolute atomic E-state index is 12.3. The second-order valence-electron chi connectivity index (χ2n) is 8.45. The van der Waals surface area contributed by atoms with Crippen LogP contribution >= 0.6 is 11.3 Å². The van der Waals surface area contributed by atoms with E-state index in [9.17, 15) is 4.79 Å². The second-order valence-corrected chi connectivity index (χ2v) is 9.40. The van der Waals surface area contributed by atoms with Crippen LogP contribution in [-0.4, -0.2) is 22.1 Å². The molecule has 0 bridgehead atoms. The first-order valence-electron chi connectivity index (χ1n) is 10.4. The number of fused-ring (bicyclic) bond motifs is 1. The first-order chi connectivity index (χ1) is 14.9. The molecule has 0 saturated carbocycles. The Balaban J connectivity index is 1.45. The molecule has 1 N–H and O–H groups in total. The molecule has 2 aromatic heterocycles. The van der Waals surface area contributed by atoms with Crippen LogP contribution in [0.2, 0.25) is 0 Å². The van der Waals surface area contributed by atoms with Crippen molar-refractivity contribution in [2.75, 3.05) is 6.61 Å². The third-order valence-electron chi connectivity index (χ3n) is 5.19. The zero-order valence-electron chi connectivity index (χ0n) is 18.1. The summed E-state index contributed by atoms with van der Waals surface area (Å²) >= 11 is 1.43. The summed E-state index contributed by atoms with van der Waals surface area (Å²) in [5.74, 6) is 1.59. The molecule has 0 radical (unpaired) electrons. The molecule has 6 heteroatoms. The number of thiophene rings is 1. The summed E-state index contributed by atoms with van der Waals surface area (Å²) in [5.41, 5.74) is 3.35. The van der Waals surface area contributed by atoms with Crippen LogP contribution in [0.4, 0.5) is 0 Å². The van der Waals surface area contributed by atoms with Crippen molar-refractivity contribution in [1.82, 2.24) is 14.9 Å². The van der Waals surface area contributed by atoms with Gasteiger partial charge in [-0.15, -0.1) is 11.3 Å². The van der Waals surface area contributed by atoms with Gasteiger partial charge in [-0.1, -0.05) is 51.1 Å². The number of amides is 1. The smallest absolute Gasteiger partial charge is 0.261 e. The van der Waals surface area contributed by atoms with Crippen LogP contribution in [0.3, 0.4) is 0 Å². The molecule has 160 valence electrons. The SMILES string of the molecule is CC(C)(C)c1ccc(OCCn2c(CNC(=O)c3cccs3)nc3ccccc32)cc1. The van der Waals surface area contributed by atoms with Crippen molar-refractivity contribution < 1.29 is 9.53 Å². The van der Waals surface area contributed by atoms with Gasteiger partial charge in [-0.25, -0.2) is 4.98 Å². The number of carbonyl (C=O) groups is 1. The van der Waals surface area contributed by atoms with Crippen LogP contribution in [0.5, 0.6) is 5.75 Å². The number of ether oxygens (including phenoxy) is 1. The van der Waals surface area contributed by atoms with Gasteiger partial charge in [0.05, 0.1) is 29.0 Å². The van der Waals surface area contributed by atoms with Gasteiger partial charge >= 0.3 is 0 Å². The average molecular weight is 434 g/mol. The monoisotopic (exact) mass is 433 g/mol. The Bertz CT molecular complexity index is 1160. The maximum atomic E-state index is 12.3. The molecule has 0 saturated heterocycles. The van der Waals surface area contributed by atoms with Gasteiger partial charge in [0.1, 0.15) is 18.2 Å². The highest BCUT2D eigenvalue weighted by Gasteiger charge is 2.14. The lowest BCUT2D eigenvalue weighted by Crippen LogP contribution is -2.24. The normalized spacial score (nSPS) is 11.6. The van der Waals surface area contributed by atoms with Crippen molar-refractivity contribution in [3.63, 3.8) is 0 Å². The molecule has 4 rings (SSSR count). The van der Waals surface area contributed by atoms with Gasteiger partial charge in [0.2, 0.25) is 0 Å². The Labute approximate surface area is 186 Å². The lowest BCUT2D eigenvalue weighted by atomic mass is 9.87. The number of hydrogen-bond donors (Lipinski definition) is 1. The minimum absolute atomic E-state index is 0.0798. The summed E-state index contributed by atoms with van der Waals surface area (Å²) in [4.78, 5) is 17.8. The summed E-state index contributed by atoms with van der Waals surface area (Å²) in [6.07, 6.45) is 0. The van der Waals surface area contributed by atoms with Crippen LogP contribution < -0.4 is 10.1 Å². The molecule has 0 spiro atoms. The molecular weight excluding hydrogens is 406 g/mol.